The topological polar surface area (TPSA) is 84.3 Å². The molecule has 0 bridgehead atoms. The number of anilines is 1. The minimum atomic E-state index is -0.350. The first-order valence-corrected chi connectivity index (χ1v) is 9.42. The number of para-hydroxylation sites is 1. The molecule has 3 rings (SSSR count). The molecule has 0 saturated heterocycles. The van der Waals surface area contributed by atoms with E-state index in [1.165, 1.54) is 34.2 Å². The predicted molar refractivity (Wildman–Crippen MR) is 106 cm³/mol. The summed E-state index contributed by atoms with van der Waals surface area (Å²) in [6.07, 6.45) is 1.53. The summed E-state index contributed by atoms with van der Waals surface area (Å²) in [7, 11) is 1.54. The Labute approximate surface area is 164 Å². The normalized spacial score (nSPS) is 10.7. The van der Waals surface area contributed by atoms with Crippen molar-refractivity contribution >= 4 is 50.7 Å². The number of aryl methyl sites for hydroxylation is 1. The highest BCUT2D eigenvalue weighted by molar-refractivity contribution is 7.16. The van der Waals surface area contributed by atoms with E-state index in [-0.39, 0.29) is 36.9 Å². The number of aromatic nitrogens is 2. The van der Waals surface area contributed by atoms with Gasteiger partial charge in [0.1, 0.15) is 4.83 Å². The van der Waals surface area contributed by atoms with Crippen molar-refractivity contribution < 1.29 is 9.59 Å². The number of nitrogens with one attached hydrogen (secondary N) is 1. The Morgan fingerprint density at radius 3 is 2.85 bits per heavy atom. The van der Waals surface area contributed by atoms with Crippen LogP contribution in [-0.4, -0.2) is 39.9 Å². The van der Waals surface area contributed by atoms with Gasteiger partial charge < -0.3 is 10.2 Å². The number of likely N-dealkylation sites (N-methyl/N-ethyl adjacent to an activating group) is 1. The highest BCUT2D eigenvalue weighted by Crippen LogP contribution is 2.20. The SMILES string of the molecule is CN(CC(=O)Nc1ccccc1Cl)C(=O)CCn1cnc2sccc2c1=O. The molecular formula is C18H17ClN4O3S. The fourth-order valence-electron chi connectivity index (χ4n) is 2.52. The summed E-state index contributed by atoms with van der Waals surface area (Å²) in [5.74, 6) is -0.598. The molecule has 0 saturated carbocycles. The Hall–Kier alpha value is -2.71. The number of benzene rings is 1. The Kier molecular flexibility index (Phi) is 5.88. The Balaban J connectivity index is 1.55. The standard InChI is InChI=1S/C18H17ClN4O3S/c1-22(10-15(24)21-14-5-3-2-4-13(14)19)16(25)6-8-23-11-20-17-12(18(23)26)7-9-27-17/h2-5,7,9,11H,6,8,10H2,1H3,(H,21,24). The van der Waals surface area contributed by atoms with E-state index < -0.39 is 0 Å². The second-order valence-electron chi connectivity index (χ2n) is 5.91. The smallest absolute Gasteiger partial charge is 0.262 e. The van der Waals surface area contributed by atoms with Gasteiger partial charge in [-0.05, 0) is 23.6 Å². The average molecular weight is 405 g/mol. The number of carbonyl (C=O) groups excluding carboxylic acids is 2. The molecule has 0 aliphatic rings. The maximum Gasteiger partial charge on any atom is 0.262 e. The molecule has 0 aliphatic heterocycles. The molecule has 2 heterocycles. The number of nitrogens with zero attached hydrogens (tertiary/aromatic N) is 3. The van der Waals surface area contributed by atoms with Crippen LogP contribution in [0.4, 0.5) is 5.69 Å². The quantitative estimate of drug-likeness (QED) is 0.684. The first-order valence-electron chi connectivity index (χ1n) is 8.16. The summed E-state index contributed by atoms with van der Waals surface area (Å²) in [5, 5.41) is 5.44. The molecule has 1 N–H and O–H groups in total. The Bertz CT molecular complexity index is 1050. The van der Waals surface area contributed by atoms with E-state index >= 15 is 0 Å². The van der Waals surface area contributed by atoms with E-state index in [9.17, 15) is 14.4 Å². The molecule has 27 heavy (non-hydrogen) atoms. The number of hydrogen-bond acceptors (Lipinski definition) is 5. The number of thiophene rings is 1. The van der Waals surface area contributed by atoms with E-state index in [2.05, 4.69) is 10.3 Å². The maximum atomic E-state index is 12.3. The Morgan fingerprint density at radius 2 is 2.07 bits per heavy atom. The second kappa shape index (κ2) is 8.32. The molecule has 0 fully saturated rings. The van der Waals surface area contributed by atoms with Crippen LogP contribution >= 0.6 is 22.9 Å². The van der Waals surface area contributed by atoms with E-state index in [0.29, 0.717) is 20.9 Å². The molecule has 0 unspecified atom stereocenters. The summed E-state index contributed by atoms with van der Waals surface area (Å²) >= 11 is 7.39. The maximum absolute atomic E-state index is 12.3. The molecule has 2 aromatic heterocycles. The summed E-state index contributed by atoms with van der Waals surface area (Å²) in [6.45, 7) is 0.0910. The molecule has 0 atom stereocenters. The number of fused-ring (bicyclic) bond motifs is 1. The van der Waals surface area contributed by atoms with Crippen molar-refractivity contribution in [2.24, 2.45) is 0 Å². The largest absolute Gasteiger partial charge is 0.336 e. The minimum Gasteiger partial charge on any atom is -0.336 e. The monoisotopic (exact) mass is 404 g/mol. The minimum absolute atomic E-state index is 0.0904. The van der Waals surface area contributed by atoms with Crippen LogP contribution in [0.2, 0.25) is 5.02 Å². The lowest BCUT2D eigenvalue weighted by molar-refractivity contribution is -0.133. The van der Waals surface area contributed by atoms with Crippen LogP contribution in [0.3, 0.4) is 0 Å². The molecule has 0 radical (unpaired) electrons. The van der Waals surface area contributed by atoms with Crippen LogP contribution in [-0.2, 0) is 16.1 Å². The van der Waals surface area contributed by atoms with Gasteiger partial charge in [-0.1, -0.05) is 23.7 Å². The molecule has 1 aromatic carbocycles. The van der Waals surface area contributed by atoms with Gasteiger partial charge in [0.2, 0.25) is 11.8 Å². The third-order valence-electron chi connectivity index (χ3n) is 3.97. The van der Waals surface area contributed by atoms with Gasteiger partial charge in [0.05, 0.1) is 29.0 Å². The van der Waals surface area contributed by atoms with E-state index in [1.807, 2.05) is 0 Å². The number of amides is 2. The van der Waals surface area contributed by atoms with Gasteiger partial charge in [-0.2, -0.15) is 0 Å². The predicted octanol–water partition coefficient (Wildman–Crippen LogP) is 2.60. The molecule has 7 nitrogen and oxygen atoms in total. The molecule has 3 aromatic rings. The van der Waals surface area contributed by atoms with Gasteiger partial charge in [-0.3, -0.25) is 19.0 Å². The second-order valence-corrected chi connectivity index (χ2v) is 7.21. The van der Waals surface area contributed by atoms with E-state index in [4.69, 9.17) is 11.6 Å². The third-order valence-corrected chi connectivity index (χ3v) is 5.12. The average Bonchev–Trinajstić information content (AvgIpc) is 3.12. The van der Waals surface area contributed by atoms with Crippen LogP contribution in [0, 0.1) is 0 Å². The zero-order valence-corrected chi connectivity index (χ0v) is 16.1. The summed E-state index contributed by atoms with van der Waals surface area (Å²) < 4.78 is 1.41. The van der Waals surface area contributed by atoms with Crippen LogP contribution in [0.1, 0.15) is 6.42 Å². The van der Waals surface area contributed by atoms with Crippen molar-refractivity contribution in [3.05, 3.63) is 57.4 Å². The number of hydrogen-bond donors (Lipinski definition) is 1. The number of carbonyl (C=O) groups is 2. The van der Waals surface area contributed by atoms with Crippen molar-refractivity contribution in [3.63, 3.8) is 0 Å². The number of rotatable bonds is 6. The third kappa shape index (κ3) is 4.53. The lowest BCUT2D eigenvalue weighted by Gasteiger charge is -2.17. The fourth-order valence-corrected chi connectivity index (χ4v) is 3.42. The molecular weight excluding hydrogens is 388 g/mol. The van der Waals surface area contributed by atoms with Gasteiger partial charge in [0.25, 0.3) is 5.56 Å². The van der Waals surface area contributed by atoms with E-state index in [1.54, 1.807) is 35.7 Å². The highest BCUT2D eigenvalue weighted by atomic mass is 35.5. The van der Waals surface area contributed by atoms with Crippen molar-refractivity contribution in [1.82, 2.24) is 14.5 Å². The molecule has 2 amide bonds. The molecule has 140 valence electrons. The highest BCUT2D eigenvalue weighted by Gasteiger charge is 2.15. The first kappa shape index (κ1) is 19.1. The van der Waals surface area contributed by atoms with Crippen molar-refractivity contribution in [3.8, 4) is 0 Å². The fraction of sp³-hybridized carbons (Fsp3) is 0.222. The lowest BCUT2D eigenvalue weighted by Crippen LogP contribution is -2.35. The van der Waals surface area contributed by atoms with Gasteiger partial charge in [0, 0.05) is 20.0 Å². The molecule has 0 aliphatic carbocycles. The van der Waals surface area contributed by atoms with Crippen LogP contribution in [0.5, 0.6) is 0 Å². The van der Waals surface area contributed by atoms with Gasteiger partial charge in [0.15, 0.2) is 0 Å². The van der Waals surface area contributed by atoms with Crippen LogP contribution in [0.15, 0.2) is 46.8 Å². The van der Waals surface area contributed by atoms with Gasteiger partial charge in [-0.25, -0.2) is 4.98 Å². The van der Waals surface area contributed by atoms with Gasteiger partial charge >= 0.3 is 0 Å². The summed E-state index contributed by atoms with van der Waals surface area (Å²) in [5.41, 5.74) is 0.319. The first-order chi connectivity index (χ1) is 13.0. The van der Waals surface area contributed by atoms with Crippen molar-refractivity contribution in [2.45, 2.75) is 13.0 Å². The molecule has 0 spiro atoms. The number of halogens is 1. The Morgan fingerprint density at radius 1 is 1.30 bits per heavy atom. The van der Waals surface area contributed by atoms with E-state index in [0.717, 1.165) is 0 Å². The lowest BCUT2D eigenvalue weighted by atomic mass is 10.3. The van der Waals surface area contributed by atoms with Crippen LogP contribution < -0.4 is 10.9 Å². The van der Waals surface area contributed by atoms with Crippen molar-refractivity contribution in [2.75, 3.05) is 18.9 Å². The summed E-state index contributed by atoms with van der Waals surface area (Å²) in [4.78, 5) is 42.9. The van der Waals surface area contributed by atoms with Gasteiger partial charge in [-0.15, -0.1) is 11.3 Å². The zero-order valence-electron chi connectivity index (χ0n) is 14.5. The van der Waals surface area contributed by atoms with Crippen molar-refractivity contribution in [1.29, 1.82) is 0 Å². The summed E-state index contributed by atoms with van der Waals surface area (Å²) in [6, 6.07) is 8.59. The molecule has 9 heteroatoms. The zero-order chi connectivity index (χ0) is 19.4. The van der Waals surface area contributed by atoms with Crippen LogP contribution in [0.25, 0.3) is 10.2 Å².